The van der Waals surface area contributed by atoms with Crippen LogP contribution in [0.2, 0.25) is 0 Å². The summed E-state index contributed by atoms with van der Waals surface area (Å²) >= 11 is 0. The lowest BCUT2D eigenvalue weighted by Crippen LogP contribution is -2.45. The van der Waals surface area contributed by atoms with Crippen LogP contribution < -0.4 is 0 Å². The van der Waals surface area contributed by atoms with Crippen molar-refractivity contribution < 1.29 is 0 Å². The zero-order chi connectivity index (χ0) is 20.2. The van der Waals surface area contributed by atoms with Crippen LogP contribution in [-0.4, -0.2) is 66.0 Å². The lowest BCUT2D eigenvalue weighted by Gasteiger charge is -2.33. The van der Waals surface area contributed by atoms with Crippen LogP contribution in [0.4, 0.5) is 0 Å². The normalized spacial score (nSPS) is 15.5. The zero-order valence-corrected chi connectivity index (χ0v) is 16.7. The Morgan fingerprint density at radius 1 is 0.567 bits per heavy atom. The fourth-order valence-corrected chi connectivity index (χ4v) is 3.72. The van der Waals surface area contributed by atoms with Crippen LogP contribution in [0.25, 0.3) is 11.4 Å². The molecule has 0 spiro atoms. The van der Waals surface area contributed by atoms with Crippen LogP contribution in [0.1, 0.15) is 11.4 Å². The number of aromatic nitrogens is 6. The highest BCUT2D eigenvalue weighted by Gasteiger charge is 2.19. The Morgan fingerprint density at radius 3 is 1.37 bits per heavy atom. The van der Waals surface area contributed by atoms with E-state index in [0.717, 1.165) is 62.0 Å². The van der Waals surface area contributed by atoms with Crippen molar-refractivity contribution in [1.82, 2.24) is 39.8 Å². The number of nitrogens with zero attached hydrogens (tertiary/aromatic N) is 8. The monoisotopic (exact) mass is 400 g/mol. The third kappa shape index (κ3) is 4.29. The van der Waals surface area contributed by atoms with Crippen LogP contribution >= 0.6 is 0 Å². The molecule has 4 aromatic rings. The summed E-state index contributed by atoms with van der Waals surface area (Å²) in [6.45, 7) is 5.67. The molecular weight excluding hydrogens is 376 g/mol. The summed E-state index contributed by atoms with van der Waals surface area (Å²) in [6.07, 6.45) is 4.03. The van der Waals surface area contributed by atoms with Crippen LogP contribution in [0, 0.1) is 0 Å². The van der Waals surface area contributed by atoms with Crippen molar-refractivity contribution >= 4 is 0 Å². The highest BCUT2D eigenvalue weighted by Crippen LogP contribution is 2.12. The van der Waals surface area contributed by atoms with Crippen LogP contribution in [0.15, 0.2) is 73.1 Å². The van der Waals surface area contributed by atoms with E-state index in [1.165, 1.54) is 0 Å². The minimum absolute atomic E-state index is 0.824. The molecule has 8 nitrogen and oxygen atoms in total. The van der Waals surface area contributed by atoms with E-state index in [9.17, 15) is 0 Å². The number of hydrogen-bond donors (Lipinski definition) is 0. The summed E-state index contributed by atoms with van der Waals surface area (Å²) < 4.78 is 3.67. The molecule has 0 saturated carbocycles. The maximum atomic E-state index is 4.34. The van der Waals surface area contributed by atoms with E-state index in [1.54, 1.807) is 0 Å². The topological polar surface area (TPSA) is 67.9 Å². The number of hydrogen-bond acceptors (Lipinski definition) is 6. The molecular formula is C22H24N8. The molecule has 2 aromatic carbocycles. The molecule has 0 radical (unpaired) electrons. The van der Waals surface area contributed by atoms with Gasteiger partial charge in [0.1, 0.15) is 0 Å². The predicted octanol–water partition coefficient (Wildman–Crippen LogP) is 2.17. The Bertz CT molecular complexity index is 977. The SMILES string of the molecule is c1ccc(-n2cc(CN3CCN(Cc4cn(-c5ccccc5)nn4)CC3)nn2)cc1. The van der Waals surface area contributed by atoms with Crippen LogP contribution in [-0.2, 0) is 13.1 Å². The van der Waals surface area contributed by atoms with Crippen molar-refractivity contribution in [1.29, 1.82) is 0 Å². The minimum Gasteiger partial charge on any atom is -0.295 e. The highest BCUT2D eigenvalue weighted by atomic mass is 15.4. The van der Waals surface area contributed by atoms with E-state index in [2.05, 4.69) is 30.4 Å². The molecule has 1 aliphatic heterocycles. The summed E-state index contributed by atoms with van der Waals surface area (Å²) in [6, 6.07) is 20.2. The van der Waals surface area contributed by atoms with E-state index >= 15 is 0 Å². The first-order chi connectivity index (χ1) is 14.8. The Morgan fingerprint density at radius 2 is 0.967 bits per heavy atom. The summed E-state index contributed by atoms with van der Waals surface area (Å²) in [4.78, 5) is 4.85. The third-order valence-electron chi connectivity index (χ3n) is 5.36. The third-order valence-corrected chi connectivity index (χ3v) is 5.36. The second-order valence-corrected chi connectivity index (χ2v) is 7.53. The second kappa shape index (κ2) is 8.56. The van der Waals surface area contributed by atoms with Crippen molar-refractivity contribution in [2.24, 2.45) is 0 Å². The highest BCUT2D eigenvalue weighted by molar-refractivity contribution is 5.30. The van der Waals surface area contributed by atoms with Gasteiger partial charge in [0, 0.05) is 39.3 Å². The largest absolute Gasteiger partial charge is 0.295 e. The summed E-state index contributed by atoms with van der Waals surface area (Å²) in [5, 5.41) is 17.2. The van der Waals surface area contributed by atoms with Gasteiger partial charge in [0.25, 0.3) is 0 Å². The molecule has 0 bridgehead atoms. The molecule has 1 aliphatic rings. The van der Waals surface area contributed by atoms with Crippen molar-refractivity contribution in [2.45, 2.75) is 13.1 Å². The molecule has 1 fully saturated rings. The van der Waals surface area contributed by atoms with E-state index in [4.69, 9.17) is 0 Å². The van der Waals surface area contributed by atoms with Gasteiger partial charge in [-0.1, -0.05) is 46.8 Å². The zero-order valence-electron chi connectivity index (χ0n) is 16.7. The molecule has 152 valence electrons. The lowest BCUT2D eigenvalue weighted by molar-refractivity contribution is 0.120. The number of rotatable bonds is 6. The predicted molar refractivity (Wildman–Crippen MR) is 113 cm³/mol. The molecule has 0 N–H and O–H groups in total. The van der Waals surface area contributed by atoms with Gasteiger partial charge in [-0.05, 0) is 24.3 Å². The Hall–Kier alpha value is -3.36. The van der Waals surface area contributed by atoms with Crippen LogP contribution in [0.3, 0.4) is 0 Å². The van der Waals surface area contributed by atoms with Crippen molar-refractivity contribution in [3.63, 3.8) is 0 Å². The fraction of sp³-hybridized carbons (Fsp3) is 0.273. The quantitative estimate of drug-likeness (QED) is 0.494. The van der Waals surface area contributed by atoms with E-state index in [0.29, 0.717) is 0 Å². The van der Waals surface area contributed by atoms with Crippen LogP contribution in [0.5, 0.6) is 0 Å². The smallest absolute Gasteiger partial charge is 0.0971 e. The van der Waals surface area contributed by atoms with Gasteiger partial charge >= 0.3 is 0 Å². The van der Waals surface area contributed by atoms with Crippen molar-refractivity contribution in [3.8, 4) is 11.4 Å². The number of para-hydroxylation sites is 2. The Kier molecular flexibility index (Phi) is 5.32. The fourth-order valence-electron chi connectivity index (χ4n) is 3.72. The first kappa shape index (κ1) is 18.7. The lowest BCUT2D eigenvalue weighted by atomic mass is 10.2. The first-order valence-corrected chi connectivity index (χ1v) is 10.2. The van der Waals surface area contributed by atoms with Crippen molar-refractivity contribution in [3.05, 3.63) is 84.4 Å². The van der Waals surface area contributed by atoms with E-state index in [-0.39, 0.29) is 0 Å². The molecule has 0 unspecified atom stereocenters. The maximum absolute atomic E-state index is 4.34. The Labute approximate surface area is 175 Å². The van der Waals surface area contributed by atoms with E-state index in [1.807, 2.05) is 82.4 Å². The van der Waals surface area contributed by atoms with Gasteiger partial charge in [-0.25, -0.2) is 9.36 Å². The Balaban J connectivity index is 1.13. The number of benzene rings is 2. The molecule has 5 rings (SSSR count). The molecule has 0 aliphatic carbocycles. The summed E-state index contributed by atoms with van der Waals surface area (Å²) in [7, 11) is 0. The van der Waals surface area contributed by atoms with Gasteiger partial charge in [0.15, 0.2) is 0 Å². The minimum atomic E-state index is 0.824. The van der Waals surface area contributed by atoms with Gasteiger partial charge in [-0.3, -0.25) is 9.80 Å². The van der Waals surface area contributed by atoms with Gasteiger partial charge in [0.05, 0.1) is 35.2 Å². The summed E-state index contributed by atoms with van der Waals surface area (Å²) in [5.74, 6) is 0. The van der Waals surface area contributed by atoms with Crippen molar-refractivity contribution in [2.75, 3.05) is 26.2 Å². The van der Waals surface area contributed by atoms with E-state index < -0.39 is 0 Å². The average molecular weight is 400 g/mol. The van der Waals surface area contributed by atoms with Gasteiger partial charge in [-0.2, -0.15) is 0 Å². The second-order valence-electron chi connectivity index (χ2n) is 7.53. The molecule has 2 aromatic heterocycles. The van der Waals surface area contributed by atoms with Gasteiger partial charge in [0.2, 0.25) is 0 Å². The summed E-state index contributed by atoms with van der Waals surface area (Å²) in [5.41, 5.74) is 4.06. The molecule has 30 heavy (non-hydrogen) atoms. The van der Waals surface area contributed by atoms with Gasteiger partial charge < -0.3 is 0 Å². The molecule has 8 heteroatoms. The van der Waals surface area contributed by atoms with Gasteiger partial charge in [-0.15, -0.1) is 10.2 Å². The molecule has 1 saturated heterocycles. The average Bonchev–Trinajstić information content (AvgIpc) is 3.46. The molecule has 0 atom stereocenters. The standard InChI is InChI=1S/C22H24N8/c1-3-7-21(8-4-1)29-17-19(23-25-29)15-27-11-13-28(14-12-27)16-20-18-30(26-24-20)22-9-5-2-6-10-22/h1-10,17-18H,11-16H2. The number of piperazine rings is 1. The first-order valence-electron chi connectivity index (χ1n) is 10.2. The molecule has 0 amide bonds. The molecule has 3 heterocycles. The maximum Gasteiger partial charge on any atom is 0.0971 e.